The van der Waals surface area contributed by atoms with Crippen LogP contribution in [0.3, 0.4) is 0 Å². The summed E-state index contributed by atoms with van der Waals surface area (Å²) >= 11 is 0. The van der Waals surface area contributed by atoms with Gasteiger partial charge in [0.15, 0.2) is 6.61 Å². The number of aryl methyl sites for hydroxylation is 1. The molecular weight excluding hydrogens is 280 g/mol. The van der Waals surface area contributed by atoms with Gasteiger partial charge in [-0.2, -0.15) is 0 Å². The van der Waals surface area contributed by atoms with Crippen molar-refractivity contribution in [3.8, 4) is 17.0 Å². The zero-order chi connectivity index (χ0) is 15.3. The molecule has 0 atom stereocenters. The van der Waals surface area contributed by atoms with Gasteiger partial charge in [0, 0.05) is 11.3 Å². The highest BCUT2D eigenvalue weighted by molar-refractivity contribution is 5.96. The van der Waals surface area contributed by atoms with E-state index in [0.717, 1.165) is 16.9 Å². The zero-order valence-corrected chi connectivity index (χ0v) is 12.0. The maximum Gasteiger partial charge on any atom is 0.262 e. The molecule has 1 aliphatic rings. The Bertz CT molecular complexity index is 914. The van der Waals surface area contributed by atoms with Crippen LogP contribution in [0.1, 0.15) is 5.69 Å². The van der Waals surface area contributed by atoms with Gasteiger partial charge in [0.25, 0.3) is 5.91 Å². The van der Waals surface area contributed by atoms with Crippen molar-refractivity contribution in [2.24, 2.45) is 0 Å². The highest BCUT2D eigenvalue weighted by Crippen LogP contribution is 2.34. The summed E-state index contributed by atoms with van der Waals surface area (Å²) in [6.45, 7) is 2.03. The number of nitrogens with one attached hydrogen (secondary N) is 1. The van der Waals surface area contributed by atoms with E-state index >= 15 is 0 Å². The molecule has 0 radical (unpaired) electrons. The first-order chi connectivity index (χ1) is 10.6. The lowest BCUT2D eigenvalue weighted by Gasteiger charge is -2.18. The third kappa shape index (κ3) is 1.81. The van der Waals surface area contributed by atoms with Crippen molar-refractivity contribution in [3.05, 3.63) is 42.1 Å². The molecule has 1 aliphatic heterocycles. The fourth-order valence-corrected chi connectivity index (χ4v) is 2.72. The van der Waals surface area contributed by atoms with Gasteiger partial charge in [0.05, 0.1) is 5.69 Å². The van der Waals surface area contributed by atoms with Crippen LogP contribution in [0.4, 0.5) is 11.5 Å². The minimum atomic E-state index is -0.163. The van der Waals surface area contributed by atoms with Crippen LogP contribution in [0.2, 0.25) is 0 Å². The average Bonchev–Trinajstić information content (AvgIpc) is 2.85. The smallest absolute Gasteiger partial charge is 0.262 e. The Morgan fingerprint density at radius 2 is 2.18 bits per heavy atom. The lowest BCUT2D eigenvalue weighted by Crippen LogP contribution is -2.25. The molecule has 1 amide bonds. The van der Waals surface area contributed by atoms with E-state index in [0.29, 0.717) is 22.9 Å². The molecule has 4 rings (SSSR count). The minimum absolute atomic E-state index is 0.0437. The molecular formula is C16H14N4O2. The van der Waals surface area contributed by atoms with E-state index in [2.05, 4.69) is 10.3 Å². The van der Waals surface area contributed by atoms with Crippen LogP contribution in [0.15, 0.2) is 36.4 Å². The fraction of sp³-hybridized carbons (Fsp3) is 0.125. The van der Waals surface area contributed by atoms with Crippen molar-refractivity contribution in [1.29, 1.82) is 0 Å². The number of nitrogens with two attached hydrogens (primary N) is 1. The number of nitrogens with zero attached hydrogens (tertiary/aromatic N) is 2. The van der Waals surface area contributed by atoms with Crippen molar-refractivity contribution in [1.82, 2.24) is 9.38 Å². The number of ether oxygens (including phenoxy) is 1. The molecule has 0 saturated carbocycles. The number of carbonyl (C=O) groups excluding carboxylic acids is 1. The number of rotatable bonds is 1. The Morgan fingerprint density at radius 1 is 1.32 bits per heavy atom. The number of imidazole rings is 1. The summed E-state index contributed by atoms with van der Waals surface area (Å²) in [5.41, 5.74) is 10.2. The Kier molecular flexibility index (Phi) is 2.59. The van der Waals surface area contributed by atoms with Crippen LogP contribution < -0.4 is 15.8 Å². The van der Waals surface area contributed by atoms with Gasteiger partial charge in [-0.25, -0.2) is 4.98 Å². The van der Waals surface area contributed by atoms with Crippen molar-refractivity contribution < 1.29 is 9.53 Å². The first-order valence-electron chi connectivity index (χ1n) is 6.94. The Balaban J connectivity index is 1.89. The number of benzene rings is 1. The second-order valence-corrected chi connectivity index (χ2v) is 5.25. The number of fused-ring (bicyclic) bond motifs is 2. The van der Waals surface area contributed by atoms with Crippen molar-refractivity contribution >= 4 is 23.1 Å². The first kappa shape index (κ1) is 12.7. The predicted molar refractivity (Wildman–Crippen MR) is 83.9 cm³/mol. The first-order valence-corrected chi connectivity index (χ1v) is 6.94. The normalized spacial score (nSPS) is 13.6. The van der Waals surface area contributed by atoms with E-state index in [1.54, 1.807) is 0 Å². The summed E-state index contributed by atoms with van der Waals surface area (Å²) in [4.78, 5) is 16.0. The maximum atomic E-state index is 11.4. The van der Waals surface area contributed by atoms with E-state index in [9.17, 15) is 4.79 Å². The highest BCUT2D eigenvalue weighted by atomic mass is 16.5. The average molecular weight is 294 g/mol. The lowest BCUT2D eigenvalue weighted by atomic mass is 10.1. The SMILES string of the molecule is Cc1cccc2nc(-c3ccc4c(c3)NC(=O)CO4)c(N)n12. The van der Waals surface area contributed by atoms with Gasteiger partial charge < -0.3 is 15.8 Å². The quantitative estimate of drug-likeness (QED) is 0.721. The molecule has 1 aromatic carbocycles. The number of anilines is 2. The van der Waals surface area contributed by atoms with E-state index in [4.69, 9.17) is 10.5 Å². The summed E-state index contributed by atoms with van der Waals surface area (Å²) < 4.78 is 7.27. The molecule has 3 aromatic rings. The van der Waals surface area contributed by atoms with Gasteiger partial charge >= 0.3 is 0 Å². The van der Waals surface area contributed by atoms with E-state index in [-0.39, 0.29) is 12.5 Å². The van der Waals surface area contributed by atoms with Gasteiger partial charge in [0.1, 0.15) is 22.9 Å². The Labute approximate surface area is 126 Å². The molecule has 0 unspecified atom stereocenters. The summed E-state index contributed by atoms with van der Waals surface area (Å²) in [7, 11) is 0. The molecule has 6 heteroatoms. The fourth-order valence-electron chi connectivity index (χ4n) is 2.72. The summed E-state index contributed by atoms with van der Waals surface area (Å²) in [5, 5.41) is 2.80. The molecule has 2 aromatic heterocycles. The second-order valence-electron chi connectivity index (χ2n) is 5.25. The molecule has 0 spiro atoms. The molecule has 6 nitrogen and oxygen atoms in total. The topological polar surface area (TPSA) is 81.6 Å². The third-order valence-corrected chi connectivity index (χ3v) is 3.76. The van der Waals surface area contributed by atoms with Crippen LogP contribution >= 0.6 is 0 Å². The highest BCUT2D eigenvalue weighted by Gasteiger charge is 2.19. The van der Waals surface area contributed by atoms with Gasteiger partial charge in [-0.05, 0) is 37.3 Å². The summed E-state index contributed by atoms with van der Waals surface area (Å²) in [6.07, 6.45) is 0. The van der Waals surface area contributed by atoms with Gasteiger partial charge in [-0.1, -0.05) is 6.07 Å². The maximum absolute atomic E-state index is 11.4. The van der Waals surface area contributed by atoms with Crippen LogP contribution in [0.25, 0.3) is 16.9 Å². The van der Waals surface area contributed by atoms with Crippen molar-refractivity contribution in [3.63, 3.8) is 0 Å². The predicted octanol–water partition coefficient (Wildman–Crippen LogP) is 2.22. The number of aromatic nitrogens is 2. The number of hydrogen-bond acceptors (Lipinski definition) is 4. The van der Waals surface area contributed by atoms with Crippen molar-refractivity contribution in [2.45, 2.75) is 6.92 Å². The lowest BCUT2D eigenvalue weighted by molar-refractivity contribution is -0.118. The van der Waals surface area contributed by atoms with Crippen LogP contribution in [0, 0.1) is 6.92 Å². The molecule has 3 heterocycles. The molecule has 0 aliphatic carbocycles. The van der Waals surface area contributed by atoms with Gasteiger partial charge in [-0.15, -0.1) is 0 Å². The number of amides is 1. The second kappa shape index (κ2) is 4.49. The number of hydrogen-bond donors (Lipinski definition) is 2. The molecule has 110 valence electrons. The number of carbonyl (C=O) groups is 1. The summed E-state index contributed by atoms with van der Waals surface area (Å²) in [5.74, 6) is 1.07. The van der Waals surface area contributed by atoms with E-state index < -0.39 is 0 Å². The Hall–Kier alpha value is -3.02. The van der Waals surface area contributed by atoms with E-state index in [1.165, 1.54) is 0 Å². The monoisotopic (exact) mass is 294 g/mol. The zero-order valence-electron chi connectivity index (χ0n) is 12.0. The third-order valence-electron chi connectivity index (χ3n) is 3.76. The largest absolute Gasteiger partial charge is 0.482 e. The van der Waals surface area contributed by atoms with Gasteiger partial charge in [-0.3, -0.25) is 9.20 Å². The standard InChI is InChI=1S/C16H14N4O2/c1-9-3-2-4-13-19-15(16(17)20(9)13)10-5-6-12-11(7-10)18-14(21)8-22-12/h2-7H,8,17H2,1H3,(H,18,21). The van der Waals surface area contributed by atoms with E-state index in [1.807, 2.05) is 47.7 Å². The number of pyridine rings is 1. The molecule has 3 N–H and O–H groups in total. The Morgan fingerprint density at radius 3 is 3.00 bits per heavy atom. The van der Waals surface area contributed by atoms with Crippen LogP contribution in [0.5, 0.6) is 5.75 Å². The van der Waals surface area contributed by atoms with Gasteiger partial charge in [0.2, 0.25) is 0 Å². The molecule has 0 saturated heterocycles. The molecule has 0 fully saturated rings. The molecule has 0 bridgehead atoms. The minimum Gasteiger partial charge on any atom is -0.482 e. The summed E-state index contributed by atoms with van der Waals surface area (Å²) in [6, 6.07) is 11.4. The number of nitrogen functional groups attached to an aromatic ring is 1. The van der Waals surface area contributed by atoms with Crippen LogP contribution in [-0.2, 0) is 4.79 Å². The van der Waals surface area contributed by atoms with Crippen LogP contribution in [-0.4, -0.2) is 21.9 Å². The molecule has 22 heavy (non-hydrogen) atoms. The van der Waals surface area contributed by atoms with Crippen molar-refractivity contribution in [2.75, 3.05) is 17.7 Å².